The van der Waals surface area contributed by atoms with Crippen molar-refractivity contribution in [3.8, 4) is 11.3 Å². The summed E-state index contributed by atoms with van der Waals surface area (Å²) in [4.78, 5) is 28.4. The highest BCUT2D eigenvalue weighted by Gasteiger charge is 2.25. The van der Waals surface area contributed by atoms with E-state index >= 15 is 0 Å². The molecule has 1 unspecified atom stereocenters. The molecule has 1 saturated heterocycles. The second-order valence-corrected chi connectivity index (χ2v) is 9.68. The minimum atomic E-state index is 0.0355. The Morgan fingerprint density at radius 1 is 1.06 bits per heavy atom. The van der Waals surface area contributed by atoms with Crippen LogP contribution in [-0.4, -0.2) is 45.4 Å². The first kappa shape index (κ1) is 21.4. The summed E-state index contributed by atoms with van der Waals surface area (Å²) in [5.74, 6) is 0.715. The van der Waals surface area contributed by atoms with E-state index in [2.05, 4.69) is 52.0 Å². The van der Waals surface area contributed by atoms with Crippen molar-refractivity contribution in [2.45, 2.75) is 40.0 Å². The molecule has 6 nitrogen and oxygen atoms in total. The van der Waals surface area contributed by atoms with E-state index in [0.29, 0.717) is 5.82 Å². The van der Waals surface area contributed by atoms with Gasteiger partial charge in [0.15, 0.2) is 0 Å². The Balaban J connectivity index is 1.44. The second kappa shape index (κ2) is 9.10. The lowest BCUT2D eigenvalue weighted by molar-refractivity contribution is -0.120. The van der Waals surface area contributed by atoms with Gasteiger partial charge < -0.3 is 10.2 Å². The van der Waals surface area contributed by atoms with Crippen LogP contribution in [0.15, 0.2) is 49.1 Å². The summed E-state index contributed by atoms with van der Waals surface area (Å²) in [6.45, 7) is 9.92. The number of amides is 1. The van der Waals surface area contributed by atoms with Gasteiger partial charge >= 0.3 is 0 Å². The highest BCUT2D eigenvalue weighted by molar-refractivity contribution is 5.95. The van der Waals surface area contributed by atoms with Crippen LogP contribution >= 0.6 is 0 Å². The molecule has 1 aliphatic heterocycles. The number of nitrogens with zero attached hydrogens (tertiary/aromatic N) is 4. The molecule has 0 aliphatic carbocycles. The topological polar surface area (TPSA) is 71.0 Å². The van der Waals surface area contributed by atoms with Crippen LogP contribution in [0.4, 0.5) is 5.82 Å². The van der Waals surface area contributed by atoms with Crippen LogP contribution in [0.3, 0.4) is 0 Å². The minimum absolute atomic E-state index is 0.0355. The van der Waals surface area contributed by atoms with Crippen LogP contribution in [-0.2, 0) is 4.79 Å². The van der Waals surface area contributed by atoms with E-state index in [9.17, 15) is 4.79 Å². The highest BCUT2D eigenvalue weighted by Crippen LogP contribution is 2.26. The summed E-state index contributed by atoms with van der Waals surface area (Å²) < 4.78 is 0. The maximum atomic E-state index is 12.9. The lowest BCUT2D eigenvalue weighted by Crippen LogP contribution is -2.34. The number of nitrogens with one attached hydrogen (secondary N) is 1. The van der Waals surface area contributed by atoms with Gasteiger partial charge in [-0.05, 0) is 55.3 Å². The van der Waals surface area contributed by atoms with Gasteiger partial charge in [0.25, 0.3) is 0 Å². The number of benzene rings is 1. The number of rotatable bonds is 4. The fourth-order valence-corrected chi connectivity index (χ4v) is 4.29. The smallest absolute Gasteiger partial charge is 0.228 e. The molecule has 3 aromatic rings. The van der Waals surface area contributed by atoms with E-state index in [0.717, 1.165) is 60.9 Å². The van der Waals surface area contributed by atoms with Crippen LogP contribution in [0.25, 0.3) is 22.0 Å². The van der Waals surface area contributed by atoms with Crippen LogP contribution in [0.2, 0.25) is 0 Å². The lowest BCUT2D eigenvalue weighted by Gasteiger charge is -2.28. The number of likely N-dealkylation sites (tertiary alicyclic amines) is 1. The van der Waals surface area contributed by atoms with Crippen molar-refractivity contribution in [1.82, 2.24) is 19.9 Å². The first-order valence-corrected chi connectivity index (χ1v) is 11.1. The van der Waals surface area contributed by atoms with E-state index in [1.54, 1.807) is 18.6 Å². The Morgan fingerprint density at radius 3 is 2.71 bits per heavy atom. The quantitative estimate of drug-likeness (QED) is 0.662. The zero-order valence-corrected chi connectivity index (χ0v) is 18.6. The van der Waals surface area contributed by atoms with Crippen LogP contribution in [0.5, 0.6) is 0 Å². The minimum Gasteiger partial charge on any atom is -0.310 e. The maximum absolute atomic E-state index is 12.9. The van der Waals surface area contributed by atoms with Gasteiger partial charge in [-0.3, -0.25) is 14.8 Å². The van der Waals surface area contributed by atoms with Gasteiger partial charge in [0.1, 0.15) is 5.82 Å². The fraction of sp³-hybridized carbons (Fsp3) is 0.440. The van der Waals surface area contributed by atoms with Crippen molar-refractivity contribution in [3.63, 3.8) is 0 Å². The molecular weight excluding hydrogens is 386 g/mol. The van der Waals surface area contributed by atoms with Crippen molar-refractivity contribution in [1.29, 1.82) is 0 Å². The summed E-state index contributed by atoms with van der Waals surface area (Å²) in [5.41, 5.74) is 2.10. The molecule has 0 bridgehead atoms. The Labute approximate surface area is 184 Å². The standard InChI is InChI=1S/C25H31N5O/c1-25(2,3)17-30-11-4-5-18(8-12-30)24(31)29-23-14-21-13-19(6-7-20(21)15-28-23)22-16-26-9-10-27-22/h6-7,9-10,13-16,18H,4-5,8,11-12,17H2,1-3H3,(H,28,29,31). The molecule has 1 aromatic carbocycles. The summed E-state index contributed by atoms with van der Waals surface area (Å²) in [7, 11) is 0. The molecule has 1 aliphatic rings. The highest BCUT2D eigenvalue weighted by atomic mass is 16.1. The number of hydrogen-bond donors (Lipinski definition) is 1. The molecule has 1 fully saturated rings. The van der Waals surface area contributed by atoms with E-state index in [-0.39, 0.29) is 17.2 Å². The van der Waals surface area contributed by atoms with Gasteiger partial charge in [-0.25, -0.2) is 4.98 Å². The third kappa shape index (κ3) is 5.64. The molecule has 4 rings (SSSR count). The predicted molar refractivity (Wildman–Crippen MR) is 125 cm³/mol. The molecule has 31 heavy (non-hydrogen) atoms. The number of hydrogen-bond acceptors (Lipinski definition) is 5. The largest absolute Gasteiger partial charge is 0.310 e. The molecule has 0 radical (unpaired) electrons. The van der Waals surface area contributed by atoms with Gasteiger partial charge in [-0.2, -0.15) is 0 Å². The summed E-state index contributed by atoms with van der Waals surface area (Å²) >= 11 is 0. The van der Waals surface area contributed by atoms with Gasteiger partial charge in [0.2, 0.25) is 5.91 Å². The molecule has 2 aromatic heterocycles. The zero-order valence-electron chi connectivity index (χ0n) is 18.6. The molecule has 162 valence electrons. The van der Waals surface area contributed by atoms with Gasteiger partial charge in [0.05, 0.1) is 11.9 Å². The molecule has 1 amide bonds. The average Bonchev–Trinajstić information content (AvgIpc) is 2.98. The number of aromatic nitrogens is 3. The molecule has 3 heterocycles. The third-order valence-corrected chi connectivity index (χ3v) is 5.72. The Bertz CT molecular complexity index is 1040. The summed E-state index contributed by atoms with van der Waals surface area (Å²) in [6, 6.07) is 8.04. The van der Waals surface area contributed by atoms with Crippen molar-refractivity contribution in [2.24, 2.45) is 11.3 Å². The molecule has 0 saturated carbocycles. The van der Waals surface area contributed by atoms with Crippen molar-refractivity contribution in [3.05, 3.63) is 49.1 Å². The Hall–Kier alpha value is -2.86. The predicted octanol–water partition coefficient (Wildman–Crippen LogP) is 4.78. The Kier molecular flexibility index (Phi) is 6.28. The van der Waals surface area contributed by atoms with E-state index in [4.69, 9.17) is 0 Å². The molecule has 1 N–H and O–H groups in total. The third-order valence-electron chi connectivity index (χ3n) is 5.72. The number of fused-ring (bicyclic) bond motifs is 1. The number of pyridine rings is 1. The first-order valence-electron chi connectivity index (χ1n) is 11.1. The first-order chi connectivity index (χ1) is 14.9. The number of carbonyl (C=O) groups is 1. The molecule has 0 spiro atoms. The monoisotopic (exact) mass is 417 g/mol. The number of anilines is 1. The average molecular weight is 418 g/mol. The van der Waals surface area contributed by atoms with Crippen molar-refractivity contribution in [2.75, 3.05) is 25.0 Å². The zero-order chi connectivity index (χ0) is 21.8. The van der Waals surface area contributed by atoms with Crippen molar-refractivity contribution >= 4 is 22.5 Å². The van der Waals surface area contributed by atoms with E-state index < -0.39 is 0 Å². The normalized spacial score (nSPS) is 18.0. The molecule has 6 heteroatoms. The summed E-state index contributed by atoms with van der Waals surface area (Å²) in [5, 5.41) is 5.10. The molecule has 1 atom stereocenters. The van der Waals surface area contributed by atoms with Crippen LogP contribution in [0, 0.1) is 11.3 Å². The second-order valence-electron chi connectivity index (χ2n) is 9.68. The van der Waals surface area contributed by atoms with Gasteiger partial charge in [-0.1, -0.05) is 32.9 Å². The SMILES string of the molecule is CC(C)(C)CN1CCCC(C(=O)Nc2cc3cc(-c4cnccn4)ccc3cn2)CC1. The van der Waals surface area contributed by atoms with E-state index in [1.165, 1.54) is 0 Å². The maximum Gasteiger partial charge on any atom is 0.228 e. The fourth-order valence-electron chi connectivity index (χ4n) is 4.29. The summed E-state index contributed by atoms with van der Waals surface area (Å²) in [6.07, 6.45) is 9.79. The molecular formula is C25H31N5O. The van der Waals surface area contributed by atoms with Crippen LogP contribution in [0.1, 0.15) is 40.0 Å². The lowest BCUT2D eigenvalue weighted by atomic mass is 9.96. The Morgan fingerprint density at radius 2 is 1.94 bits per heavy atom. The van der Waals surface area contributed by atoms with Crippen LogP contribution < -0.4 is 5.32 Å². The number of carbonyl (C=O) groups excluding carboxylic acids is 1. The van der Waals surface area contributed by atoms with Crippen molar-refractivity contribution < 1.29 is 4.79 Å². The van der Waals surface area contributed by atoms with Gasteiger partial charge in [-0.15, -0.1) is 0 Å². The van der Waals surface area contributed by atoms with E-state index in [1.807, 2.05) is 24.4 Å². The van der Waals surface area contributed by atoms with Gasteiger partial charge in [0, 0.05) is 42.0 Å².